The lowest BCUT2D eigenvalue weighted by atomic mass is 10.3. The molecule has 0 bridgehead atoms. The number of hydrogen-bond donors (Lipinski definition) is 0. The van der Waals surface area contributed by atoms with Crippen molar-refractivity contribution in [1.82, 2.24) is 9.55 Å². The molecule has 0 saturated heterocycles. The highest BCUT2D eigenvalue weighted by Crippen LogP contribution is 2.27. The van der Waals surface area contributed by atoms with E-state index in [1.807, 2.05) is 6.92 Å². The van der Waals surface area contributed by atoms with Crippen LogP contribution in [0, 0.1) is 11.6 Å². The summed E-state index contributed by atoms with van der Waals surface area (Å²) in [4.78, 5) is 3.33. The Morgan fingerprint density at radius 1 is 1.33 bits per heavy atom. The van der Waals surface area contributed by atoms with Gasteiger partial charge < -0.3 is 9.30 Å². The van der Waals surface area contributed by atoms with Crippen LogP contribution in [-0.4, -0.2) is 18.0 Å². The Kier molecular flexibility index (Phi) is 4.48. The first kappa shape index (κ1) is 15.7. The highest BCUT2D eigenvalue weighted by molar-refractivity contribution is 8.13. The third-order valence-electron chi connectivity index (χ3n) is 2.74. The fourth-order valence-corrected chi connectivity index (χ4v) is 2.48. The maximum absolute atomic E-state index is 13.7. The molecule has 0 saturated carbocycles. The molecular formula is C12H11ClF2N2O3S. The highest BCUT2D eigenvalue weighted by atomic mass is 35.7. The van der Waals surface area contributed by atoms with E-state index >= 15 is 0 Å². The molecule has 0 N–H and O–H groups in total. The number of benzene rings is 1. The molecule has 1 heterocycles. The van der Waals surface area contributed by atoms with Crippen molar-refractivity contribution in [1.29, 1.82) is 0 Å². The molecule has 0 unspecified atom stereocenters. The van der Waals surface area contributed by atoms with Crippen LogP contribution in [0.2, 0.25) is 0 Å². The predicted octanol–water partition coefficient (Wildman–Crippen LogP) is 2.69. The zero-order chi connectivity index (χ0) is 15.6. The van der Waals surface area contributed by atoms with E-state index in [0.717, 1.165) is 0 Å². The molecule has 0 amide bonds. The van der Waals surface area contributed by atoms with Crippen LogP contribution < -0.4 is 4.74 Å². The zero-order valence-corrected chi connectivity index (χ0v) is 12.5. The van der Waals surface area contributed by atoms with E-state index in [4.69, 9.17) is 15.4 Å². The SMILES string of the molecule is CCn1ccnc1COc1c(F)cc(S(=O)(=O)Cl)cc1F. The van der Waals surface area contributed by atoms with Gasteiger partial charge in [0.2, 0.25) is 0 Å². The summed E-state index contributed by atoms with van der Waals surface area (Å²) in [6.07, 6.45) is 3.24. The first-order chi connectivity index (χ1) is 9.82. The lowest BCUT2D eigenvalue weighted by molar-refractivity contribution is 0.260. The Morgan fingerprint density at radius 2 is 1.95 bits per heavy atom. The number of nitrogens with zero attached hydrogens (tertiary/aromatic N) is 2. The molecule has 114 valence electrons. The van der Waals surface area contributed by atoms with E-state index in [1.165, 1.54) is 6.20 Å². The van der Waals surface area contributed by atoms with Gasteiger partial charge in [-0.1, -0.05) is 0 Å². The van der Waals surface area contributed by atoms with Crippen LogP contribution in [0.3, 0.4) is 0 Å². The van der Waals surface area contributed by atoms with Crippen molar-refractivity contribution in [3.63, 3.8) is 0 Å². The van der Waals surface area contributed by atoms with Gasteiger partial charge in [0, 0.05) is 29.6 Å². The second-order valence-electron chi connectivity index (χ2n) is 4.07. The molecule has 5 nitrogen and oxygen atoms in total. The number of ether oxygens (including phenoxy) is 1. The van der Waals surface area contributed by atoms with Gasteiger partial charge in [0.1, 0.15) is 12.4 Å². The quantitative estimate of drug-likeness (QED) is 0.788. The smallest absolute Gasteiger partial charge is 0.261 e. The first-order valence-electron chi connectivity index (χ1n) is 5.89. The molecule has 0 spiro atoms. The van der Waals surface area contributed by atoms with Gasteiger partial charge in [-0.2, -0.15) is 0 Å². The largest absolute Gasteiger partial charge is 0.480 e. The number of hydrogen-bond acceptors (Lipinski definition) is 4. The minimum absolute atomic E-state index is 0.151. The standard InChI is InChI=1S/C12H11ClF2N2O3S/c1-2-17-4-3-16-11(17)7-20-12-9(14)5-8(6-10(12)15)21(13,18)19/h3-6H,2,7H2,1H3. The summed E-state index contributed by atoms with van der Waals surface area (Å²) in [5.74, 6) is -2.48. The van der Waals surface area contributed by atoms with Crippen LogP contribution in [0.15, 0.2) is 29.4 Å². The molecule has 21 heavy (non-hydrogen) atoms. The number of halogens is 3. The van der Waals surface area contributed by atoms with Crippen LogP contribution >= 0.6 is 10.7 Å². The van der Waals surface area contributed by atoms with Crippen LogP contribution in [0.25, 0.3) is 0 Å². The summed E-state index contributed by atoms with van der Waals surface area (Å²) in [7, 11) is 0.824. The molecule has 0 fully saturated rings. The summed E-state index contributed by atoms with van der Waals surface area (Å²) < 4.78 is 56.4. The normalized spacial score (nSPS) is 11.6. The Morgan fingerprint density at radius 3 is 2.48 bits per heavy atom. The van der Waals surface area contributed by atoms with E-state index < -0.39 is 31.3 Å². The molecule has 0 radical (unpaired) electrons. The van der Waals surface area contributed by atoms with Gasteiger partial charge in [-0.05, 0) is 19.1 Å². The molecule has 0 aliphatic carbocycles. The predicted molar refractivity (Wildman–Crippen MR) is 71.6 cm³/mol. The Bertz CT molecular complexity index is 739. The molecule has 1 aromatic heterocycles. The summed E-state index contributed by atoms with van der Waals surface area (Å²) in [6, 6.07) is 1.21. The van der Waals surface area contributed by atoms with Crippen LogP contribution in [0.4, 0.5) is 8.78 Å². The third kappa shape index (κ3) is 3.51. The van der Waals surface area contributed by atoms with Crippen molar-refractivity contribution in [2.75, 3.05) is 0 Å². The first-order valence-corrected chi connectivity index (χ1v) is 8.20. The lowest BCUT2D eigenvalue weighted by Gasteiger charge is -2.10. The number of rotatable bonds is 5. The number of aryl methyl sites for hydroxylation is 1. The maximum atomic E-state index is 13.7. The van der Waals surface area contributed by atoms with Gasteiger partial charge in [0.25, 0.3) is 9.05 Å². The molecule has 9 heteroatoms. The second-order valence-corrected chi connectivity index (χ2v) is 6.64. The van der Waals surface area contributed by atoms with E-state index in [9.17, 15) is 17.2 Å². The van der Waals surface area contributed by atoms with Crippen molar-refractivity contribution in [3.8, 4) is 5.75 Å². The fourth-order valence-electron chi connectivity index (χ4n) is 1.72. The molecule has 0 atom stereocenters. The Labute approximate surface area is 124 Å². The summed E-state index contributed by atoms with van der Waals surface area (Å²) in [5.41, 5.74) is 0. The number of aromatic nitrogens is 2. The highest BCUT2D eigenvalue weighted by Gasteiger charge is 2.19. The third-order valence-corrected chi connectivity index (χ3v) is 4.07. The minimum Gasteiger partial charge on any atom is -0.480 e. The topological polar surface area (TPSA) is 61.2 Å². The minimum atomic E-state index is -4.21. The average Bonchev–Trinajstić information content (AvgIpc) is 2.84. The average molecular weight is 337 g/mol. The van der Waals surface area contributed by atoms with Crippen LogP contribution in [-0.2, 0) is 22.2 Å². The van der Waals surface area contributed by atoms with Crippen LogP contribution in [0.1, 0.15) is 12.7 Å². The second kappa shape index (κ2) is 5.98. The van der Waals surface area contributed by atoms with Gasteiger partial charge in [-0.15, -0.1) is 0 Å². The summed E-state index contributed by atoms with van der Waals surface area (Å²) >= 11 is 0. The van der Waals surface area contributed by atoms with E-state index in [1.54, 1.807) is 10.8 Å². The summed E-state index contributed by atoms with van der Waals surface area (Å²) in [6.45, 7) is 2.36. The Balaban J connectivity index is 2.25. The van der Waals surface area contributed by atoms with Crippen molar-refractivity contribution in [2.24, 2.45) is 0 Å². The van der Waals surface area contributed by atoms with Crippen molar-refractivity contribution in [3.05, 3.63) is 42.0 Å². The molecule has 2 aromatic rings. The van der Waals surface area contributed by atoms with Crippen molar-refractivity contribution in [2.45, 2.75) is 25.0 Å². The van der Waals surface area contributed by atoms with Gasteiger partial charge in [-0.25, -0.2) is 22.2 Å². The summed E-state index contributed by atoms with van der Waals surface area (Å²) in [5, 5.41) is 0. The van der Waals surface area contributed by atoms with Crippen LogP contribution in [0.5, 0.6) is 5.75 Å². The maximum Gasteiger partial charge on any atom is 0.261 e. The Hall–Kier alpha value is -1.67. The van der Waals surface area contributed by atoms with Gasteiger partial charge in [0.15, 0.2) is 17.4 Å². The number of imidazole rings is 1. The molecular weight excluding hydrogens is 326 g/mol. The fraction of sp³-hybridized carbons (Fsp3) is 0.250. The van der Waals surface area contributed by atoms with Gasteiger partial charge in [-0.3, -0.25) is 0 Å². The van der Waals surface area contributed by atoms with E-state index in [0.29, 0.717) is 24.5 Å². The molecule has 0 aliphatic rings. The van der Waals surface area contributed by atoms with Crippen molar-refractivity contribution < 1.29 is 21.9 Å². The van der Waals surface area contributed by atoms with Gasteiger partial charge >= 0.3 is 0 Å². The van der Waals surface area contributed by atoms with Crippen molar-refractivity contribution >= 4 is 19.7 Å². The van der Waals surface area contributed by atoms with E-state index in [-0.39, 0.29) is 6.61 Å². The molecule has 0 aliphatic heterocycles. The molecule has 2 rings (SSSR count). The zero-order valence-electron chi connectivity index (χ0n) is 10.9. The van der Waals surface area contributed by atoms with Gasteiger partial charge in [0.05, 0.1) is 4.90 Å². The molecule has 1 aromatic carbocycles. The monoisotopic (exact) mass is 336 g/mol. The lowest BCUT2D eigenvalue weighted by Crippen LogP contribution is -2.07. The van der Waals surface area contributed by atoms with E-state index in [2.05, 4.69) is 4.98 Å².